The lowest BCUT2D eigenvalue weighted by Gasteiger charge is -2.18. The van der Waals surface area contributed by atoms with Gasteiger partial charge in [-0.05, 0) is 36.8 Å². The number of amides is 1. The summed E-state index contributed by atoms with van der Waals surface area (Å²) in [7, 11) is 4.60. The van der Waals surface area contributed by atoms with Crippen LogP contribution in [0.4, 0.5) is 0 Å². The number of hydrogen-bond acceptors (Lipinski definition) is 4. The Morgan fingerprint density at radius 1 is 1.27 bits per heavy atom. The third-order valence-electron chi connectivity index (χ3n) is 4.12. The van der Waals surface area contributed by atoms with Crippen LogP contribution < -0.4 is 10.3 Å². The zero-order valence-corrected chi connectivity index (χ0v) is 15.7. The molecule has 0 fully saturated rings. The molecule has 6 nitrogen and oxygen atoms in total. The lowest BCUT2D eigenvalue weighted by atomic mass is 10.1. The van der Waals surface area contributed by atoms with Gasteiger partial charge in [0.1, 0.15) is 11.3 Å². The molecule has 0 saturated heterocycles. The molecular weight excluding hydrogens is 354 g/mol. The number of ether oxygens (including phenoxy) is 1. The molecule has 1 amide bonds. The van der Waals surface area contributed by atoms with Gasteiger partial charge in [-0.25, -0.2) is 4.98 Å². The van der Waals surface area contributed by atoms with Crippen molar-refractivity contribution in [3.63, 3.8) is 0 Å². The summed E-state index contributed by atoms with van der Waals surface area (Å²) in [6.07, 6.45) is 1.58. The van der Waals surface area contributed by atoms with Crippen LogP contribution in [0, 0.1) is 6.92 Å². The van der Waals surface area contributed by atoms with E-state index in [0.29, 0.717) is 21.7 Å². The first kappa shape index (κ1) is 17.9. The molecule has 1 aromatic carbocycles. The van der Waals surface area contributed by atoms with Crippen LogP contribution in [0.2, 0.25) is 5.02 Å². The second-order valence-corrected chi connectivity index (χ2v) is 6.46. The Balaban J connectivity index is 2.50. The highest BCUT2D eigenvalue weighted by Crippen LogP contribution is 2.29. The number of carbonyl (C=O) groups is 1. The Morgan fingerprint density at radius 3 is 2.62 bits per heavy atom. The fraction of sp³-hybridized carbons (Fsp3) is 0.211. The zero-order chi connectivity index (χ0) is 19.0. The third kappa shape index (κ3) is 2.82. The van der Waals surface area contributed by atoms with Crippen molar-refractivity contribution in [3.8, 4) is 11.4 Å². The van der Waals surface area contributed by atoms with Crippen molar-refractivity contribution in [1.82, 2.24) is 14.5 Å². The highest BCUT2D eigenvalue weighted by molar-refractivity contribution is 6.31. The lowest BCUT2D eigenvalue weighted by Crippen LogP contribution is -2.33. The van der Waals surface area contributed by atoms with E-state index >= 15 is 0 Å². The number of fused-ring (bicyclic) bond motifs is 1. The molecule has 3 aromatic rings. The minimum absolute atomic E-state index is 0.0466. The maximum absolute atomic E-state index is 13.3. The number of benzene rings is 1. The monoisotopic (exact) mass is 371 g/mol. The summed E-state index contributed by atoms with van der Waals surface area (Å²) in [5, 5.41) is 1.09. The van der Waals surface area contributed by atoms with Gasteiger partial charge >= 0.3 is 0 Å². The van der Waals surface area contributed by atoms with E-state index in [4.69, 9.17) is 16.3 Å². The van der Waals surface area contributed by atoms with Gasteiger partial charge < -0.3 is 9.64 Å². The molecule has 2 heterocycles. The fourth-order valence-electron chi connectivity index (χ4n) is 2.78. The molecule has 7 heteroatoms. The van der Waals surface area contributed by atoms with Crippen molar-refractivity contribution in [2.24, 2.45) is 0 Å². The number of aryl methyl sites for hydroxylation is 1. The summed E-state index contributed by atoms with van der Waals surface area (Å²) in [6.45, 7) is 1.88. The van der Waals surface area contributed by atoms with Crippen LogP contribution in [0.5, 0.6) is 5.75 Å². The molecule has 3 rings (SSSR count). The first-order valence-corrected chi connectivity index (χ1v) is 8.30. The maximum Gasteiger partial charge on any atom is 0.273 e. The van der Waals surface area contributed by atoms with E-state index in [1.807, 2.05) is 13.0 Å². The van der Waals surface area contributed by atoms with E-state index in [0.717, 1.165) is 5.56 Å². The van der Waals surface area contributed by atoms with E-state index in [2.05, 4.69) is 4.98 Å². The molecule has 0 atom stereocenters. The van der Waals surface area contributed by atoms with Crippen molar-refractivity contribution in [2.45, 2.75) is 6.92 Å². The van der Waals surface area contributed by atoms with Crippen molar-refractivity contribution in [2.75, 3.05) is 21.2 Å². The van der Waals surface area contributed by atoms with Gasteiger partial charge in [-0.15, -0.1) is 0 Å². The van der Waals surface area contributed by atoms with Gasteiger partial charge in [-0.2, -0.15) is 0 Å². The smallest absolute Gasteiger partial charge is 0.273 e. The number of methoxy groups -OCH3 is 1. The summed E-state index contributed by atoms with van der Waals surface area (Å²) in [5.41, 5.74) is 1.26. The number of aromatic nitrogens is 2. The van der Waals surface area contributed by atoms with Crippen LogP contribution in [0.1, 0.15) is 15.9 Å². The van der Waals surface area contributed by atoms with Gasteiger partial charge in [-0.3, -0.25) is 14.2 Å². The minimum atomic E-state index is -0.508. The van der Waals surface area contributed by atoms with Gasteiger partial charge in [0.15, 0.2) is 5.65 Å². The highest BCUT2D eigenvalue weighted by Gasteiger charge is 2.25. The maximum atomic E-state index is 13.3. The predicted molar refractivity (Wildman–Crippen MR) is 102 cm³/mol. The zero-order valence-electron chi connectivity index (χ0n) is 14.9. The van der Waals surface area contributed by atoms with Gasteiger partial charge in [0, 0.05) is 25.3 Å². The first-order valence-electron chi connectivity index (χ1n) is 7.92. The molecule has 0 saturated carbocycles. The second kappa shape index (κ2) is 6.80. The SMILES string of the molecule is COc1c(C(=O)N(C)C)c(=O)n(-c2ccc(C)c(Cl)c2)c2ncccc12. The average Bonchev–Trinajstić information content (AvgIpc) is 2.62. The molecular formula is C19H18ClN3O3. The summed E-state index contributed by atoms with van der Waals surface area (Å²) < 4.78 is 6.81. The van der Waals surface area contributed by atoms with E-state index in [-0.39, 0.29) is 11.3 Å². The quantitative estimate of drug-likeness (QED) is 0.709. The van der Waals surface area contributed by atoms with Gasteiger partial charge in [0.2, 0.25) is 0 Å². The number of halogens is 1. The Morgan fingerprint density at radius 2 is 2.00 bits per heavy atom. The Hall–Kier alpha value is -2.86. The van der Waals surface area contributed by atoms with Crippen LogP contribution in [0.15, 0.2) is 41.3 Å². The van der Waals surface area contributed by atoms with E-state index < -0.39 is 11.5 Å². The van der Waals surface area contributed by atoms with Crippen LogP contribution in [0.25, 0.3) is 16.7 Å². The summed E-state index contributed by atoms with van der Waals surface area (Å²) >= 11 is 6.24. The minimum Gasteiger partial charge on any atom is -0.495 e. The number of pyridine rings is 2. The van der Waals surface area contributed by atoms with Gasteiger partial charge in [0.05, 0.1) is 18.2 Å². The molecule has 0 radical (unpaired) electrons. The van der Waals surface area contributed by atoms with Crippen molar-refractivity contribution in [3.05, 3.63) is 63.0 Å². The van der Waals surface area contributed by atoms with E-state index in [1.165, 1.54) is 16.6 Å². The van der Waals surface area contributed by atoms with E-state index in [9.17, 15) is 9.59 Å². The van der Waals surface area contributed by atoms with Crippen molar-refractivity contribution >= 4 is 28.5 Å². The largest absolute Gasteiger partial charge is 0.495 e. The predicted octanol–water partition coefficient (Wildman–Crippen LogP) is 3.06. The summed E-state index contributed by atoms with van der Waals surface area (Å²) in [6, 6.07) is 8.76. The van der Waals surface area contributed by atoms with Crippen LogP contribution in [-0.4, -0.2) is 41.6 Å². The number of rotatable bonds is 3. The normalized spacial score (nSPS) is 10.8. The Bertz CT molecular complexity index is 1070. The van der Waals surface area contributed by atoms with Crippen molar-refractivity contribution in [1.29, 1.82) is 0 Å². The van der Waals surface area contributed by atoms with Crippen LogP contribution in [0.3, 0.4) is 0 Å². The standard InChI is InChI=1S/C19H18ClN3O3/c1-11-7-8-12(10-14(11)20)23-17-13(6-5-9-21-17)16(26-4)15(19(23)25)18(24)22(2)3/h5-10H,1-4H3. The van der Waals surface area contributed by atoms with Crippen LogP contribution in [-0.2, 0) is 0 Å². The van der Waals surface area contributed by atoms with E-state index in [1.54, 1.807) is 44.6 Å². The fourth-order valence-corrected chi connectivity index (χ4v) is 2.95. The topological polar surface area (TPSA) is 64.4 Å². The molecule has 2 aromatic heterocycles. The number of nitrogens with zero attached hydrogens (tertiary/aromatic N) is 3. The number of hydrogen-bond donors (Lipinski definition) is 0. The number of carbonyl (C=O) groups excluding carboxylic acids is 1. The molecule has 134 valence electrons. The Labute approximate surface area is 155 Å². The second-order valence-electron chi connectivity index (χ2n) is 6.06. The summed E-state index contributed by atoms with van der Waals surface area (Å²) in [5.74, 6) is -0.226. The van der Waals surface area contributed by atoms with Crippen molar-refractivity contribution < 1.29 is 9.53 Å². The summed E-state index contributed by atoms with van der Waals surface area (Å²) in [4.78, 5) is 31.6. The third-order valence-corrected chi connectivity index (χ3v) is 4.53. The first-order chi connectivity index (χ1) is 12.4. The molecule has 0 spiro atoms. The van der Waals surface area contributed by atoms with Crippen LogP contribution >= 0.6 is 11.6 Å². The molecule has 0 bridgehead atoms. The lowest BCUT2D eigenvalue weighted by molar-refractivity contribution is 0.0822. The molecule has 0 unspecified atom stereocenters. The highest BCUT2D eigenvalue weighted by atomic mass is 35.5. The molecule has 0 aliphatic rings. The van der Waals surface area contributed by atoms with Gasteiger partial charge in [0.25, 0.3) is 11.5 Å². The molecule has 0 aliphatic carbocycles. The Kier molecular flexibility index (Phi) is 4.70. The molecule has 0 aliphatic heterocycles. The molecule has 26 heavy (non-hydrogen) atoms. The average molecular weight is 372 g/mol. The van der Waals surface area contributed by atoms with Gasteiger partial charge in [-0.1, -0.05) is 17.7 Å². The molecule has 0 N–H and O–H groups in total.